The van der Waals surface area contributed by atoms with Crippen LogP contribution in [0.5, 0.6) is 0 Å². The third-order valence-corrected chi connectivity index (χ3v) is 6.65. The van der Waals surface area contributed by atoms with Crippen molar-refractivity contribution < 1.29 is 4.79 Å². The highest BCUT2D eigenvalue weighted by atomic mass is 16.2. The Hall–Kier alpha value is -2.59. The van der Waals surface area contributed by atoms with E-state index in [1.54, 1.807) is 0 Å². The maximum absolute atomic E-state index is 13.2. The number of nitrogens with zero attached hydrogens (tertiary/aromatic N) is 3. The van der Waals surface area contributed by atoms with Gasteiger partial charge in [0.25, 0.3) is 0 Å². The van der Waals surface area contributed by atoms with Crippen LogP contribution in [0.1, 0.15) is 25.7 Å². The van der Waals surface area contributed by atoms with Crippen molar-refractivity contribution >= 4 is 16.8 Å². The summed E-state index contributed by atoms with van der Waals surface area (Å²) in [4.78, 5) is 17.9. The number of benzene rings is 2. The number of carbonyl (C=O) groups excluding carboxylic acids is 1. The smallest absolute Gasteiger partial charge is 0.242 e. The van der Waals surface area contributed by atoms with Crippen molar-refractivity contribution in [3.8, 4) is 11.3 Å². The molecule has 29 heavy (non-hydrogen) atoms. The van der Waals surface area contributed by atoms with E-state index in [9.17, 15) is 4.79 Å². The summed E-state index contributed by atoms with van der Waals surface area (Å²) in [6.45, 7) is 4.68. The average molecular weight is 388 g/mol. The summed E-state index contributed by atoms with van der Waals surface area (Å²) in [7, 11) is 0. The Balaban J connectivity index is 1.35. The Labute approximate surface area is 172 Å². The van der Waals surface area contributed by atoms with Gasteiger partial charge in [-0.3, -0.25) is 4.79 Å². The predicted octanol–water partition coefficient (Wildman–Crippen LogP) is 4.40. The second-order valence-corrected chi connectivity index (χ2v) is 8.40. The summed E-state index contributed by atoms with van der Waals surface area (Å²) < 4.78 is 2.19. The summed E-state index contributed by atoms with van der Waals surface area (Å²) in [6.07, 6.45) is 4.90. The molecule has 0 unspecified atom stereocenters. The first-order chi connectivity index (χ1) is 14.3. The summed E-state index contributed by atoms with van der Waals surface area (Å²) >= 11 is 0. The molecule has 4 heteroatoms. The summed E-state index contributed by atoms with van der Waals surface area (Å²) in [5.41, 5.74) is 3.41. The van der Waals surface area contributed by atoms with E-state index in [0.29, 0.717) is 12.6 Å². The first-order valence-electron chi connectivity index (χ1n) is 10.9. The molecule has 2 aromatic carbocycles. The van der Waals surface area contributed by atoms with E-state index in [2.05, 4.69) is 69.0 Å². The maximum Gasteiger partial charge on any atom is 0.242 e. The first-order valence-corrected chi connectivity index (χ1v) is 10.9. The lowest BCUT2D eigenvalue weighted by molar-refractivity contribution is -0.133. The zero-order valence-corrected chi connectivity index (χ0v) is 17.0. The minimum Gasteiger partial charge on any atom is -0.341 e. The van der Waals surface area contributed by atoms with Gasteiger partial charge in [-0.1, -0.05) is 48.5 Å². The fraction of sp³-hybridized carbons (Fsp3) is 0.400. The molecule has 2 aliphatic rings. The van der Waals surface area contributed by atoms with Gasteiger partial charge >= 0.3 is 0 Å². The minimum atomic E-state index is 0.239. The molecule has 0 saturated carbocycles. The van der Waals surface area contributed by atoms with Crippen LogP contribution in [0.3, 0.4) is 0 Å². The Morgan fingerprint density at radius 2 is 1.55 bits per heavy atom. The third kappa shape index (κ3) is 3.69. The molecule has 5 rings (SSSR count). The van der Waals surface area contributed by atoms with Crippen molar-refractivity contribution in [1.82, 2.24) is 14.4 Å². The molecular weight excluding hydrogens is 358 g/mol. The van der Waals surface area contributed by atoms with E-state index in [0.717, 1.165) is 42.7 Å². The molecule has 0 aliphatic carbocycles. The van der Waals surface area contributed by atoms with Crippen molar-refractivity contribution in [2.75, 3.05) is 26.2 Å². The summed E-state index contributed by atoms with van der Waals surface area (Å²) in [5, 5.41) is 1.19. The summed E-state index contributed by atoms with van der Waals surface area (Å²) in [5.74, 6) is 0.239. The van der Waals surface area contributed by atoms with Crippen molar-refractivity contribution in [1.29, 1.82) is 0 Å². The number of aromatic nitrogens is 1. The molecule has 0 N–H and O–H groups in total. The van der Waals surface area contributed by atoms with Crippen LogP contribution in [-0.4, -0.2) is 52.5 Å². The van der Waals surface area contributed by atoms with E-state index >= 15 is 0 Å². The Kier molecular flexibility index (Phi) is 5.11. The van der Waals surface area contributed by atoms with Crippen LogP contribution in [0.4, 0.5) is 0 Å². The molecule has 0 radical (unpaired) electrons. The van der Waals surface area contributed by atoms with Crippen LogP contribution in [0, 0.1) is 0 Å². The third-order valence-electron chi connectivity index (χ3n) is 6.65. The monoisotopic (exact) mass is 387 g/mol. The number of piperidine rings is 1. The van der Waals surface area contributed by atoms with Gasteiger partial charge in [0.15, 0.2) is 0 Å². The Morgan fingerprint density at radius 1 is 0.862 bits per heavy atom. The van der Waals surface area contributed by atoms with E-state index in [1.165, 1.54) is 31.3 Å². The van der Waals surface area contributed by atoms with Gasteiger partial charge in [-0.2, -0.15) is 0 Å². The molecule has 2 saturated heterocycles. The highest BCUT2D eigenvalue weighted by Crippen LogP contribution is 2.29. The van der Waals surface area contributed by atoms with E-state index in [1.807, 2.05) is 6.07 Å². The SMILES string of the molecule is O=C(Cn1c(-c2ccccc2)cc2ccccc21)N1CCC(N2CCCC2)CC1. The van der Waals surface area contributed by atoms with Crippen molar-refractivity contribution in [2.24, 2.45) is 0 Å². The van der Waals surface area contributed by atoms with Gasteiger partial charge in [-0.05, 0) is 56.5 Å². The van der Waals surface area contributed by atoms with Gasteiger partial charge in [0.1, 0.15) is 6.54 Å². The molecule has 1 amide bonds. The van der Waals surface area contributed by atoms with E-state index in [-0.39, 0.29) is 5.91 Å². The van der Waals surface area contributed by atoms with Crippen LogP contribution >= 0.6 is 0 Å². The number of para-hydroxylation sites is 1. The van der Waals surface area contributed by atoms with Crippen LogP contribution < -0.4 is 0 Å². The normalized spacial score (nSPS) is 18.6. The molecule has 0 atom stereocenters. The minimum absolute atomic E-state index is 0.239. The van der Waals surface area contributed by atoms with Crippen LogP contribution in [0.15, 0.2) is 60.7 Å². The quantitative estimate of drug-likeness (QED) is 0.664. The average Bonchev–Trinajstić information content (AvgIpc) is 3.43. The van der Waals surface area contributed by atoms with Crippen LogP contribution in [0.2, 0.25) is 0 Å². The second-order valence-electron chi connectivity index (χ2n) is 8.40. The Bertz CT molecular complexity index is 980. The van der Waals surface area contributed by atoms with Crippen molar-refractivity contribution in [3.63, 3.8) is 0 Å². The molecule has 0 bridgehead atoms. The zero-order chi connectivity index (χ0) is 19.6. The molecule has 2 fully saturated rings. The van der Waals surface area contributed by atoms with Gasteiger partial charge < -0.3 is 14.4 Å². The Morgan fingerprint density at radius 3 is 2.31 bits per heavy atom. The standard InChI is InChI=1S/C25H29N3O/c29-25(27-16-12-22(13-17-27)26-14-6-7-15-26)19-28-23-11-5-4-10-21(23)18-24(28)20-8-2-1-3-9-20/h1-5,8-11,18,22H,6-7,12-17,19H2. The fourth-order valence-corrected chi connectivity index (χ4v) is 5.05. The lowest BCUT2D eigenvalue weighted by Crippen LogP contribution is -2.46. The molecule has 0 spiro atoms. The number of hydrogen-bond acceptors (Lipinski definition) is 2. The lowest BCUT2D eigenvalue weighted by atomic mass is 10.0. The molecule has 4 nitrogen and oxygen atoms in total. The van der Waals surface area contributed by atoms with Crippen molar-refractivity contribution in [2.45, 2.75) is 38.3 Å². The number of rotatable bonds is 4. The van der Waals surface area contributed by atoms with Gasteiger partial charge in [0, 0.05) is 35.7 Å². The highest BCUT2D eigenvalue weighted by molar-refractivity contribution is 5.89. The number of amides is 1. The fourth-order valence-electron chi connectivity index (χ4n) is 5.05. The first kappa shape index (κ1) is 18.4. The second kappa shape index (κ2) is 8.03. The van der Waals surface area contributed by atoms with Crippen LogP contribution in [0.25, 0.3) is 22.2 Å². The number of likely N-dealkylation sites (tertiary alicyclic amines) is 2. The number of fused-ring (bicyclic) bond motifs is 1. The molecule has 2 aliphatic heterocycles. The van der Waals surface area contributed by atoms with E-state index in [4.69, 9.17) is 0 Å². The topological polar surface area (TPSA) is 28.5 Å². The van der Waals surface area contributed by atoms with E-state index < -0.39 is 0 Å². The van der Waals surface area contributed by atoms with Gasteiger partial charge in [-0.25, -0.2) is 0 Å². The lowest BCUT2D eigenvalue weighted by Gasteiger charge is -2.36. The number of hydrogen-bond donors (Lipinski definition) is 0. The van der Waals surface area contributed by atoms with Crippen LogP contribution in [-0.2, 0) is 11.3 Å². The van der Waals surface area contributed by atoms with Gasteiger partial charge in [-0.15, -0.1) is 0 Å². The maximum atomic E-state index is 13.2. The molecule has 3 heterocycles. The molecule has 150 valence electrons. The molecule has 1 aromatic heterocycles. The molecule has 3 aromatic rings. The molecular formula is C25H29N3O. The van der Waals surface area contributed by atoms with Gasteiger partial charge in [0.2, 0.25) is 5.91 Å². The predicted molar refractivity (Wildman–Crippen MR) is 118 cm³/mol. The summed E-state index contributed by atoms with van der Waals surface area (Å²) in [6, 6.07) is 21.6. The largest absolute Gasteiger partial charge is 0.341 e. The van der Waals surface area contributed by atoms with Crippen molar-refractivity contribution in [3.05, 3.63) is 60.7 Å². The van der Waals surface area contributed by atoms with Gasteiger partial charge in [0.05, 0.1) is 0 Å². The number of carbonyl (C=O) groups is 1. The highest BCUT2D eigenvalue weighted by Gasteiger charge is 2.28. The zero-order valence-electron chi connectivity index (χ0n) is 17.0.